The van der Waals surface area contributed by atoms with Crippen LogP contribution in [0.25, 0.3) is 6.08 Å². The number of hydrazone groups is 1. The molecule has 1 aliphatic heterocycles. The van der Waals surface area contributed by atoms with Crippen molar-refractivity contribution in [2.45, 2.75) is 16.6 Å². The first-order chi connectivity index (χ1) is 23.4. The maximum absolute atomic E-state index is 13.7. The number of benzene rings is 4. The summed E-state index contributed by atoms with van der Waals surface area (Å²) < 4.78 is 5.38. The predicted octanol–water partition coefficient (Wildman–Crippen LogP) is 6.39. The number of thioether (sulfide) groups is 1. The third kappa shape index (κ3) is 7.95. The number of amides is 4. The van der Waals surface area contributed by atoms with Crippen LogP contribution in [0.15, 0.2) is 154 Å². The van der Waals surface area contributed by atoms with E-state index in [0.29, 0.717) is 27.6 Å². The Hall–Kier alpha value is -6.20. The molecule has 5 aromatic rings. The van der Waals surface area contributed by atoms with Crippen LogP contribution in [0.2, 0.25) is 0 Å². The van der Waals surface area contributed by atoms with Crippen LogP contribution in [0.4, 0.5) is 11.4 Å². The zero-order valence-electron chi connectivity index (χ0n) is 25.4. The predicted molar refractivity (Wildman–Crippen MR) is 185 cm³/mol. The maximum Gasteiger partial charge on any atom is 0.272 e. The molecule has 11 heteroatoms. The Balaban J connectivity index is 1.19. The van der Waals surface area contributed by atoms with Gasteiger partial charge in [-0.3, -0.25) is 19.2 Å². The van der Waals surface area contributed by atoms with Crippen molar-refractivity contribution >= 4 is 58.7 Å². The second-order valence-electron chi connectivity index (χ2n) is 10.5. The molecule has 238 valence electrons. The van der Waals surface area contributed by atoms with Gasteiger partial charge in [-0.05, 0) is 60.2 Å². The molecule has 0 radical (unpaired) electrons. The van der Waals surface area contributed by atoms with Crippen molar-refractivity contribution in [1.82, 2.24) is 10.6 Å². The monoisotopic (exact) mass is 655 g/mol. The Kier molecular flexibility index (Phi) is 9.88. The first-order valence-electron chi connectivity index (χ1n) is 14.9. The van der Waals surface area contributed by atoms with Crippen molar-refractivity contribution in [2.24, 2.45) is 5.10 Å². The van der Waals surface area contributed by atoms with Gasteiger partial charge in [-0.2, -0.15) is 10.1 Å². The SMILES string of the molecule is O=C(Nc1cccc(SC(C(=O)NC2=NN(c3ccccc3)C(=O)C2)c2ccccc2)c1)/C(=C/c1ccco1)NC(=O)c1ccccc1. The molecule has 0 spiro atoms. The Bertz CT molecular complexity index is 1980. The second kappa shape index (κ2) is 14.9. The van der Waals surface area contributed by atoms with Gasteiger partial charge in [-0.25, -0.2) is 0 Å². The molecule has 1 unspecified atom stereocenters. The van der Waals surface area contributed by atoms with Crippen molar-refractivity contribution < 1.29 is 23.6 Å². The van der Waals surface area contributed by atoms with E-state index in [0.717, 1.165) is 5.56 Å². The normalized spacial score (nSPS) is 13.4. The molecule has 48 heavy (non-hydrogen) atoms. The van der Waals surface area contributed by atoms with E-state index in [2.05, 4.69) is 21.1 Å². The highest BCUT2D eigenvalue weighted by atomic mass is 32.2. The number of furan rings is 1. The first-order valence-corrected chi connectivity index (χ1v) is 15.8. The van der Waals surface area contributed by atoms with E-state index in [1.54, 1.807) is 72.8 Å². The van der Waals surface area contributed by atoms with Gasteiger partial charge >= 0.3 is 0 Å². The number of hydrogen-bond acceptors (Lipinski definition) is 7. The third-order valence-corrected chi connectivity index (χ3v) is 8.34. The van der Waals surface area contributed by atoms with Crippen molar-refractivity contribution in [1.29, 1.82) is 0 Å². The average Bonchev–Trinajstić information content (AvgIpc) is 3.77. The summed E-state index contributed by atoms with van der Waals surface area (Å²) in [6.45, 7) is 0. The van der Waals surface area contributed by atoms with Gasteiger partial charge in [-0.15, -0.1) is 11.8 Å². The highest BCUT2D eigenvalue weighted by Crippen LogP contribution is 2.37. The zero-order valence-corrected chi connectivity index (χ0v) is 26.2. The minimum Gasteiger partial charge on any atom is -0.465 e. The average molecular weight is 656 g/mol. The Morgan fingerprint density at radius 3 is 2.23 bits per heavy atom. The molecule has 1 aromatic heterocycles. The fraction of sp³-hybridized carbons (Fsp3) is 0.0541. The molecule has 1 aliphatic rings. The zero-order chi connectivity index (χ0) is 33.3. The molecule has 0 saturated heterocycles. The summed E-state index contributed by atoms with van der Waals surface area (Å²) in [4.78, 5) is 53.5. The fourth-order valence-electron chi connectivity index (χ4n) is 4.82. The maximum atomic E-state index is 13.7. The highest BCUT2D eigenvalue weighted by Gasteiger charge is 2.29. The molecule has 0 saturated carbocycles. The summed E-state index contributed by atoms with van der Waals surface area (Å²) in [7, 11) is 0. The number of amidine groups is 1. The van der Waals surface area contributed by atoms with Crippen LogP contribution in [0.5, 0.6) is 0 Å². The summed E-state index contributed by atoms with van der Waals surface area (Å²) >= 11 is 1.28. The standard InChI is InChI=1S/C37H29N5O5S/c43-33-24-32(41-42(33)28-17-8-3-9-18-28)40-37(46)34(25-12-4-1-5-13-25)48-30-20-10-16-27(22-30)38-36(45)31(23-29-19-11-21-47-29)39-35(44)26-14-6-2-7-15-26/h1-23,34H,24H2,(H,38,45)(H,39,44)(H,40,41,46)/b31-23-. The van der Waals surface area contributed by atoms with Crippen LogP contribution in [0.1, 0.15) is 33.4 Å². The van der Waals surface area contributed by atoms with Gasteiger partial charge in [0.15, 0.2) is 0 Å². The summed E-state index contributed by atoms with van der Waals surface area (Å²) in [5.74, 6) is -0.981. The number of anilines is 2. The van der Waals surface area contributed by atoms with Crippen LogP contribution < -0.4 is 21.0 Å². The molecule has 0 fully saturated rings. The summed E-state index contributed by atoms with van der Waals surface area (Å²) in [5, 5.41) is 13.3. The van der Waals surface area contributed by atoms with Crippen molar-refractivity contribution in [3.8, 4) is 0 Å². The van der Waals surface area contributed by atoms with E-state index in [9.17, 15) is 19.2 Å². The minimum absolute atomic E-state index is 0.0187. The molecule has 10 nitrogen and oxygen atoms in total. The van der Waals surface area contributed by atoms with E-state index >= 15 is 0 Å². The number of carbonyl (C=O) groups is 4. The van der Waals surface area contributed by atoms with Crippen molar-refractivity contribution in [3.05, 3.63) is 156 Å². The van der Waals surface area contributed by atoms with Crippen molar-refractivity contribution in [3.63, 3.8) is 0 Å². The molecule has 4 amide bonds. The van der Waals surface area contributed by atoms with Crippen LogP contribution in [0.3, 0.4) is 0 Å². The van der Waals surface area contributed by atoms with E-state index in [4.69, 9.17) is 4.42 Å². The number of rotatable bonds is 10. The summed E-state index contributed by atoms with van der Waals surface area (Å²) in [6, 6.07) is 37.2. The quantitative estimate of drug-likeness (QED) is 0.118. The van der Waals surface area contributed by atoms with E-state index in [1.165, 1.54) is 29.1 Å². The molecule has 3 N–H and O–H groups in total. The molecule has 6 rings (SSSR count). The van der Waals surface area contributed by atoms with Gasteiger partial charge < -0.3 is 20.4 Å². The molecule has 1 atom stereocenters. The van der Waals surface area contributed by atoms with Gasteiger partial charge in [0.1, 0.15) is 22.5 Å². The van der Waals surface area contributed by atoms with Crippen LogP contribution in [-0.4, -0.2) is 29.5 Å². The molecule has 0 bridgehead atoms. The molecule has 2 heterocycles. The topological polar surface area (TPSA) is 133 Å². The lowest BCUT2D eigenvalue weighted by Crippen LogP contribution is -2.33. The van der Waals surface area contributed by atoms with E-state index in [1.807, 2.05) is 54.6 Å². The smallest absolute Gasteiger partial charge is 0.272 e. The lowest BCUT2D eigenvalue weighted by molar-refractivity contribution is -0.119. The van der Waals surface area contributed by atoms with Gasteiger partial charge in [0.2, 0.25) is 5.91 Å². The molecular formula is C37H29N5O5S. The highest BCUT2D eigenvalue weighted by molar-refractivity contribution is 8.00. The number of nitrogens with one attached hydrogen (secondary N) is 3. The third-order valence-electron chi connectivity index (χ3n) is 7.09. The Labute approximate surface area is 280 Å². The molecule has 4 aromatic carbocycles. The molecular weight excluding hydrogens is 627 g/mol. The van der Waals surface area contributed by atoms with Gasteiger partial charge in [0.05, 0.1) is 18.4 Å². The van der Waals surface area contributed by atoms with E-state index < -0.39 is 17.1 Å². The second-order valence-corrected chi connectivity index (χ2v) is 11.7. The minimum atomic E-state index is -0.708. The van der Waals surface area contributed by atoms with Gasteiger partial charge in [0.25, 0.3) is 17.7 Å². The van der Waals surface area contributed by atoms with Crippen LogP contribution >= 0.6 is 11.8 Å². The Morgan fingerprint density at radius 1 is 0.812 bits per heavy atom. The number of para-hydroxylation sites is 1. The lowest BCUT2D eigenvalue weighted by Gasteiger charge is -2.17. The number of hydrogen-bond donors (Lipinski definition) is 3. The summed E-state index contributed by atoms with van der Waals surface area (Å²) in [5.41, 5.74) is 2.17. The van der Waals surface area contributed by atoms with Gasteiger partial charge in [0, 0.05) is 22.2 Å². The van der Waals surface area contributed by atoms with Gasteiger partial charge in [-0.1, -0.05) is 72.8 Å². The molecule has 0 aliphatic carbocycles. The van der Waals surface area contributed by atoms with Crippen LogP contribution in [0, 0.1) is 0 Å². The first kappa shape index (κ1) is 31.8. The number of nitrogens with zero attached hydrogens (tertiary/aromatic N) is 2. The largest absolute Gasteiger partial charge is 0.465 e. The van der Waals surface area contributed by atoms with E-state index in [-0.39, 0.29) is 29.8 Å². The lowest BCUT2D eigenvalue weighted by atomic mass is 10.1. The summed E-state index contributed by atoms with van der Waals surface area (Å²) in [6.07, 6.45) is 2.87. The number of carbonyl (C=O) groups excluding carboxylic acids is 4. The van der Waals surface area contributed by atoms with Crippen molar-refractivity contribution in [2.75, 3.05) is 10.3 Å². The Morgan fingerprint density at radius 2 is 1.52 bits per heavy atom. The fourth-order valence-corrected chi connectivity index (χ4v) is 5.90. The van der Waals surface area contributed by atoms with Crippen LogP contribution in [-0.2, 0) is 14.4 Å².